The van der Waals surface area contributed by atoms with Gasteiger partial charge in [0.15, 0.2) is 11.6 Å². The van der Waals surface area contributed by atoms with E-state index in [1.807, 2.05) is 4.90 Å². The Hall–Kier alpha value is -1.36. The molecule has 1 aliphatic rings. The van der Waals surface area contributed by atoms with Gasteiger partial charge in [-0.2, -0.15) is 0 Å². The van der Waals surface area contributed by atoms with Crippen molar-refractivity contribution in [3.63, 3.8) is 0 Å². The Morgan fingerprint density at radius 1 is 1.43 bits per heavy atom. The van der Waals surface area contributed by atoms with Gasteiger partial charge in [0.05, 0.1) is 6.61 Å². The highest BCUT2D eigenvalue weighted by molar-refractivity contribution is 5.58. The number of nitrogens with two attached hydrogens (primary N) is 1. The van der Waals surface area contributed by atoms with Crippen LogP contribution in [0.2, 0.25) is 0 Å². The molecule has 0 aliphatic heterocycles. The minimum atomic E-state index is 0.118. The summed E-state index contributed by atoms with van der Waals surface area (Å²) < 4.78 is 0. The van der Waals surface area contributed by atoms with Crippen molar-refractivity contribution >= 4 is 11.6 Å². The zero-order chi connectivity index (χ0) is 9.97. The van der Waals surface area contributed by atoms with Crippen LogP contribution in [0.15, 0.2) is 12.4 Å². The third kappa shape index (κ3) is 1.77. The number of nitrogens with zero attached hydrogens (tertiary/aromatic N) is 3. The van der Waals surface area contributed by atoms with Crippen LogP contribution in [-0.4, -0.2) is 34.3 Å². The van der Waals surface area contributed by atoms with E-state index in [1.54, 1.807) is 12.4 Å². The van der Waals surface area contributed by atoms with Gasteiger partial charge in [-0.3, -0.25) is 0 Å². The van der Waals surface area contributed by atoms with E-state index in [2.05, 4.69) is 9.97 Å². The molecule has 1 aromatic heterocycles. The largest absolute Gasteiger partial charge is 0.395 e. The first-order chi connectivity index (χ1) is 6.83. The molecular formula is C9H14N4O. The highest BCUT2D eigenvalue weighted by Crippen LogP contribution is 2.31. The van der Waals surface area contributed by atoms with Crippen LogP contribution in [0.4, 0.5) is 11.6 Å². The molecule has 3 N–H and O–H groups in total. The molecule has 0 aromatic carbocycles. The van der Waals surface area contributed by atoms with E-state index >= 15 is 0 Å². The summed E-state index contributed by atoms with van der Waals surface area (Å²) in [5.74, 6) is 1.14. The van der Waals surface area contributed by atoms with Gasteiger partial charge in [-0.05, 0) is 12.8 Å². The highest BCUT2D eigenvalue weighted by Gasteiger charge is 2.30. The summed E-state index contributed by atoms with van der Waals surface area (Å²) >= 11 is 0. The first kappa shape index (κ1) is 9.21. The third-order valence-electron chi connectivity index (χ3n) is 2.31. The summed E-state index contributed by atoms with van der Waals surface area (Å²) in [5.41, 5.74) is 5.72. The molecule has 0 saturated heterocycles. The van der Waals surface area contributed by atoms with Crippen LogP contribution in [0.25, 0.3) is 0 Å². The van der Waals surface area contributed by atoms with Crippen LogP contribution in [0.5, 0.6) is 0 Å². The normalized spacial score (nSPS) is 15.5. The lowest BCUT2D eigenvalue weighted by Crippen LogP contribution is -2.30. The zero-order valence-corrected chi connectivity index (χ0v) is 7.93. The number of rotatable bonds is 4. The molecule has 1 fully saturated rings. The maximum atomic E-state index is 8.93. The van der Waals surface area contributed by atoms with Crippen molar-refractivity contribution in [2.45, 2.75) is 18.9 Å². The first-order valence-corrected chi connectivity index (χ1v) is 4.77. The number of aliphatic hydroxyl groups excluding tert-OH is 1. The predicted molar refractivity (Wildman–Crippen MR) is 53.9 cm³/mol. The van der Waals surface area contributed by atoms with Gasteiger partial charge in [0, 0.05) is 25.0 Å². The standard InChI is InChI=1S/C9H14N4O/c10-8-9(12-4-3-11-8)13(5-6-14)7-1-2-7/h3-4,7,14H,1-2,5-6H2,(H2,10,11). The minimum absolute atomic E-state index is 0.118. The molecule has 1 heterocycles. The summed E-state index contributed by atoms with van der Waals surface area (Å²) in [6.45, 7) is 0.695. The van der Waals surface area contributed by atoms with Crippen LogP contribution in [-0.2, 0) is 0 Å². The van der Waals surface area contributed by atoms with Gasteiger partial charge in [-0.25, -0.2) is 9.97 Å². The molecule has 5 heteroatoms. The smallest absolute Gasteiger partial charge is 0.171 e. The Bertz CT molecular complexity index is 313. The van der Waals surface area contributed by atoms with E-state index in [-0.39, 0.29) is 6.61 Å². The number of anilines is 2. The molecule has 76 valence electrons. The molecule has 0 spiro atoms. The Labute approximate surface area is 82.6 Å². The SMILES string of the molecule is Nc1nccnc1N(CCO)C1CC1. The van der Waals surface area contributed by atoms with Gasteiger partial charge < -0.3 is 15.7 Å². The number of hydrogen-bond acceptors (Lipinski definition) is 5. The molecule has 0 unspecified atom stereocenters. The van der Waals surface area contributed by atoms with E-state index in [1.165, 1.54) is 0 Å². The Balaban J connectivity index is 2.21. The van der Waals surface area contributed by atoms with Gasteiger partial charge in [0.1, 0.15) is 0 Å². The predicted octanol–water partition coefficient (Wildman–Crippen LogP) is 0.0199. The van der Waals surface area contributed by atoms with Crippen LogP contribution < -0.4 is 10.6 Å². The van der Waals surface area contributed by atoms with Crippen molar-refractivity contribution in [2.75, 3.05) is 23.8 Å². The second kappa shape index (κ2) is 3.79. The molecule has 0 amide bonds. The third-order valence-corrected chi connectivity index (χ3v) is 2.31. The molecule has 1 saturated carbocycles. The quantitative estimate of drug-likeness (QED) is 0.706. The van der Waals surface area contributed by atoms with Gasteiger partial charge in [-0.1, -0.05) is 0 Å². The summed E-state index contributed by atoms with van der Waals surface area (Å²) in [6, 6.07) is 0.487. The molecule has 5 nitrogen and oxygen atoms in total. The lowest BCUT2D eigenvalue weighted by atomic mass is 10.4. The van der Waals surface area contributed by atoms with E-state index < -0.39 is 0 Å². The van der Waals surface area contributed by atoms with E-state index in [9.17, 15) is 0 Å². The Morgan fingerprint density at radius 2 is 2.14 bits per heavy atom. The molecule has 0 radical (unpaired) electrons. The van der Waals surface area contributed by atoms with Crippen molar-refractivity contribution in [3.05, 3.63) is 12.4 Å². The maximum Gasteiger partial charge on any atom is 0.171 e. The second-order valence-electron chi connectivity index (χ2n) is 3.41. The molecule has 1 aromatic rings. The number of hydrogen-bond donors (Lipinski definition) is 2. The minimum Gasteiger partial charge on any atom is -0.395 e. The number of aromatic nitrogens is 2. The van der Waals surface area contributed by atoms with Crippen molar-refractivity contribution in [1.29, 1.82) is 0 Å². The zero-order valence-electron chi connectivity index (χ0n) is 7.93. The summed E-state index contributed by atoms with van der Waals surface area (Å²) in [6.07, 6.45) is 5.49. The van der Waals surface area contributed by atoms with E-state index in [0.717, 1.165) is 12.8 Å². The van der Waals surface area contributed by atoms with Crippen LogP contribution in [0.1, 0.15) is 12.8 Å². The lowest BCUT2D eigenvalue weighted by molar-refractivity contribution is 0.301. The fourth-order valence-electron chi connectivity index (χ4n) is 1.52. The summed E-state index contributed by atoms with van der Waals surface area (Å²) in [4.78, 5) is 10.2. The maximum absolute atomic E-state index is 8.93. The lowest BCUT2D eigenvalue weighted by Gasteiger charge is -2.22. The average molecular weight is 194 g/mol. The molecule has 0 bridgehead atoms. The summed E-state index contributed by atoms with van der Waals surface area (Å²) in [7, 11) is 0. The molecule has 14 heavy (non-hydrogen) atoms. The molecule has 0 atom stereocenters. The first-order valence-electron chi connectivity index (χ1n) is 4.77. The van der Waals surface area contributed by atoms with E-state index in [4.69, 9.17) is 10.8 Å². The van der Waals surface area contributed by atoms with Gasteiger partial charge in [-0.15, -0.1) is 0 Å². The number of nitrogen functional groups attached to an aromatic ring is 1. The van der Waals surface area contributed by atoms with Crippen LogP contribution in [0.3, 0.4) is 0 Å². The molecule has 1 aliphatic carbocycles. The van der Waals surface area contributed by atoms with Gasteiger partial charge in [0.2, 0.25) is 0 Å². The van der Waals surface area contributed by atoms with E-state index in [0.29, 0.717) is 24.2 Å². The highest BCUT2D eigenvalue weighted by atomic mass is 16.3. The molecule has 2 rings (SSSR count). The molecular weight excluding hydrogens is 180 g/mol. The van der Waals surface area contributed by atoms with Crippen LogP contribution >= 0.6 is 0 Å². The van der Waals surface area contributed by atoms with Crippen molar-refractivity contribution in [2.24, 2.45) is 0 Å². The fourth-order valence-corrected chi connectivity index (χ4v) is 1.52. The summed E-state index contributed by atoms with van der Waals surface area (Å²) in [5, 5.41) is 8.93. The van der Waals surface area contributed by atoms with Crippen LogP contribution in [0, 0.1) is 0 Å². The topological polar surface area (TPSA) is 75.3 Å². The number of aliphatic hydroxyl groups is 1. The fraction of sp³-hybridized carbons (Fsp3) is 0.556. The Kier molecular flexibility index (Phi) is 2.49. The van der Waals surface area contributed by atoms with Gasteiger partial charge in [0.25, 0.3) is 0 Å². The van der Waals surface area contributed by atoms with Gasteiger partial charge >= 0.3 is 0 Å². The van der Waals surface area contributed by atoms with Crippen molar-refractivity contribution in [1.82, 2.24) is 9.97 Å². The second-order valence-corrected chi connectivity index (χ2v) is 3.41. The van der Waals surface area contributed by atoms with Crippen molar-refractivity contribution in [3.8, 4) is 0 Å². The van der Waals surface area contributed by atoms with Crippen molar-refractivity contribution < 1.29 is 5.11 Å². The Morgan fingerprint density at radius 3 is 2.71 bits per heavy atom. The average Bonchev–Trinajstić information content (AvgIpc) is 2.99. The monoisotopic (exact) mass is 194 g/mol.